The van der Waals surface area contributed by atoms with E-state index in [0.717, 1.165) is 33.5 Å². The van der Waals surface area contributed by atoms with Gasteiger partial charge in [-0.25, -0.2) is 0 Å². The number of thiophene rings is 1. The Bertz CT molecular complexity index is 546. The fraction of sp³-hybridized carbons (Fsp3) is 0.286. The standard InChI is InChI=1S/C14H15Br2NO2S/c1-18-13-7-12(16)14(8-11(13)15)19-5-4-17-9-10-3-2-6-20-10/h2-3,6-8,17H,4-5,9H2,1H3. The summed E-state index contributed by atoms with van der Waals surface area (Å²) in [4.78, 5) is 1.33. The molecule has 2 aromatic rings. The van der Waals surface area contributed by atoms with E-state index in [2.05, 4.69) is 54.7 Å². The lowest BCUT2D eigenvalue weighted by molar-refractivity contribution is 0.311. The number of methoxy groups -OCH3 is 1. The molecular formula is C14H15Br2NO2S. The Morgan fingerprint density at radius 1 is 1.20 bits per heavy atom. The Morgan fingerprint density at radius 2 is 1.95 bits per heavy atom. The molecule has 0 unspecified atom stereocenters. The van der Waals surface area contributed by atoms with Gasteiger partial charge in [-0.05, 0) is 55.4 Å². The summed E-state index contributed by atoms with van der Waals surface area (Å²) in [7, 11) is 1.64. The van der Waals surface area contributed by atoms with Gasteiger partial charge in [0.25, 0.3) is 0 Å². The highest BCUT2D eigenvalue weighted by Gasteiger charge is 2.07. The first-order valence-electron chi connectivity index (χ1n) is 6.09. The lowest BCUT2D eigenvalue weighted by Crippen LogP contribution is -2.20. The highest BCUT2D eigenvalue weighted by molar-refractivity contribution is 9.11. The molecule has 0 aliphatic carbocycles. The Hall–Kier alpha value is -0.560. The predicted octanol–water partition coefficient (Wildman–Crippen LogP) is 4.45. The van der Waals surface area contributed by atoms with Crippen LogP contribution in [0, 0.1) is 0 Å². The van der Waals surface area contributed by atoms with Crippen molar-refractivity contribution in [2.75, 3.05) is 20.3 Å². The smallest absolute Gasteiger partial charge is 0.134 e. The van der Waals surface area contributed by atoms with E-state index in [-0.39, 0.29) is 0 Å². The Labute approximate surface area is 139 Å². The number of hydrogen-bond acceptors (Lipinski definition) is 4. The Morgan fingerprint density at radius 3 is 2.65 bits per heavy atom. The maximum atomic E-state index is 5.75. The number of ether oxygens (including phenoxy) is 2. The Balaban J connectivity index is 1.78. The van der Waals surface area contributed by atoms with Crippen molar-refractivity contribution in [2.45, 2.75) is 6.54 Å². The van der Waals surface area contributed by atoms with Crippen LogP contribution in [0.5, 0.6) is 11.5 Å². The molecule has 1 N–H and O–H groups in total. The van der Waals surface area contributed by atoms with Crippen LogP contribution in [-0.4, -0.2) is 20.3 Å². The largest absolute Gasteiger partial charge is 0.496 e. The molecule has 2 rings (SSSR count). The third-order valence-electron chi connectivity index (χ3n) is 2.62. The van der Waals surface area contributed by atoms with E-state index in [1.54, 1.807) is 18.4 Å². The van der Waals surface area contributed by atoms with Crippen molar-refractivity contribution in [3.05, 3.63) is 43.5 Å². The minimum Gasteiger partial charge on any atom is -0.496 e. The van der Waals surface area contributed by atoms with Gasteiger partial charge in [0.15, 0.2) is 0 Å². The first-order valence-corrected chi connectivity index (χ1v) is 8.56. The second-order valence-corrected chi connectivity index (χ2v) is 6.76. The fourth-order valence-electron chi connectivity index (χ4n) is 1.64. The van der Waals surface area contributed by atoms with Crippen LogP contribution in [0.3, 0.4) is 0 Å². The van der Waals surface area contributed by atoms with Gasteiger partial charge in [-0.15, -0.1) is 11.3 Å². The molecule has 1 aromatic carbocycles. The van der Waals surface area contributed by atoms with Gasteiger partial charge in [0.1, 0.15) is 18.1 Å². The van der Waals surface area contributed by atoms with Gasteiger partial charge in [-0.2, -0.15) is 0 Å². The van der Waals surface area contributed by atoms with Crippen molar-refractivity contribution in [2.24, 2.45) is 0 Å². The van der Waals surface area contributed by atoms with Crippen LogP contribution in [0.25, 0.3) is 0 Å². The summed E-state index contributed by atoms with van der Waals surface area (Å²) in [6.45, 7) is 2.30. The number of benzene rings is 1. The summed E-state index contributed by atoms with van der Waals surface area (Å²) in [5, 5.41) is 5.43. The SMILES string of the molecule is COc1cc(Br)c(OCCNCc2cccs2)cc1Br. The lowest BCUT2D eigenvalue weighted by Gasteiger charge is -2.11. The van der Waals surface area contributed by atoms with E-state index in [1.165, 1.54) is 4.88 Å². The normalized spacial score (nSPS) is 10.6. The van der Waals surface area contributed by atoms with E-state index in [1.807, 2.05) is 12.1 Å². The van der Waals surface area contributed by atoms with Crippen molar-refractivity contribution in [3.8, 4) is 11.5 Å². The average molecular weight is 421 g/mol. The van der Waals surface area contributed by atoms with Crippen molar-refractivity contribution in [3.63, 3.8) is 0 Å². The van der Waals surface area contributed by atoms with Gasteiger partial charge >= 0.3 is 0 Å². The zero-order chi connectivity index (χ0) is 14.4. The Kier molecular flexibility index (Phi) is 6.35. The maximum absolute atomic E-state index is 5.75. The second kappa shape index (κ2) is 8.02. The summed E-state index contributed by atoms with van der Waals surface area (Å²) >= 11 is 8.68. The lowest BCUT2D eigenvalue weighted by atomic mass is 10.3. The van der Waals surface area contributed by atoms with E-state index < -0.39 is 0 Å². The number of nitrogens with one attached hydrogen (secondary N) is 1. The minimum absolute atomic E-state index is 0.614. The van der Waals surface area contributed by atoms with Crippen molar-refractivity contribution in [1.82, 2.24) is 5.32 Å². The van der Waals surface area contributed by atoms with Gasteiger partial charge in [-0.3, -0.25) is 0 Å². The predicted molar refractivity (Wildman–Crippen MR) is 89.9 cm³/mol. The third kappa shape index (κ3) is 4.48. The van der Waals surface area contributed by atoms with Crippen LogP contribution < -0.4 is 14.8 Å². The molecule has 0 spiro atoms. The van der Waals surface area contributed by atoms with Crippen LogP contribution in [0.4, 0.5) is 0 Å². The molecule has 0 aliphatic heterocycles. The monoisotopic (exact) mass is 419 g/mol. The van der Waals surface area contributed by atoms with Crippen molar-refractivity contribution >= 4 is 43.2 Å². The van der Waals surface area contributed by atoms with Crippen molar-refractivity contribution in [1.29, 1.82) is 0 Å². The molecule has 0 radical (unpaired) electrons. The number of halogens is 2. The van der Waals surface area contributed by atoms with Gasteiger partial charge in [0, 0.05) is 18.0 Å². The van der Waals surface area contributed by atoms with Gasteiger partial charge in [0.05, 0.1) is 16.1 Å². The van der Waals surface area contributed by atoms with Crippen LogP contribution in [0.15, 0.2) is 38.6 Å². The summed E-state index contributed by atoms with van der Waals surface area (Å²) < 4.78 is 12.7. The quantitative estimate of drug-likeness (QED) is 0.671. The molecule has 0 atom stereocenters. The molecule has 3 nitrogen and oxygen atoms in total. The molecule has 0 aliphatic rings. The molecule has 20 heavy (non-hydrogen) atoms. The molecule has 1 aromatic heterocycles. The topological polar surface area (TPSA) is 30.5 Å². The van der Waals surface area contributed by atoms with Crippen LogP contribution in [-0.2, 0) is 6.54 Å². The zero-order valence-electron chi connectivity index (χ0n) is 11.0. The van der Waals surface area contributed by atoms with Crippen LogP contribution in [0.2, 0.25) is 0 Å². The molecule has 1 heterocycles. The van der Waals surface area contributed by atoms with E-state index in [9.17, 15) is 0 Å². The molecule has 0 saturated heterocycles. The van der Waals surface area contributed by atoms with E-state index >= 15 is 0 Å². The first kappa shape index (κ1) is 15.8. The summed E-state index contributed by atoms with van der Waals surface area (Å²) in [6, 6.07) is 7.97. The van der Waals surface area contributed by atoms with Crippen molar-refractivity contribution < 1.29 is 9.47 Å². The van der Waals surface area contributed by atoms with Gasteiger partial charge in [-0.1, -0.05) is 6.07 Å². The number of hydrogen-bond donors (Lipinski definition) is 1. The molecule has 0 bridgehead atoms. The second-order valence-electron chi connectivity index (χ2n) is 4.02. The highest BCUT2D eigenvalue weighted by Crippen LogP contribution is 2.35. The molecule has 0 amide bonds. The van der Waals surface area contributed by atoms with Crippen LogP contribution in [0.1, 0.15) is 4.88 Å². The molecular weight excluding hydrogens is 406 g/mol. The zero-order valence-corrected chi connectivity index (χ0v) is 15.0. The summed E-state index contributed by atoms with van der Waals surface area (Å²) in [5.41, 5.74) is 0. The molecule has 0 fully saturated rings. The summed E-state index contributed by atoms with van der Waals surface area (Å²) in [5.74, 6) is 1.58. The van der Waals surface area contributed by atoms with Gasteiger partial charge in [0.2, 0.25) is 0 Å². The molecule has 6 heteroatoms. The van der Waals surface area contributed by atoms with Crippen LogP contribution >= 0.6 is 43.2 Å². The molecule has 108 valence electrons. The fourth-order valence-corrected chi connectivity index (χ4v) is 3.23. The highest BCUT2D eigenvalue weighted by atomic mass is 79.9. The minimum atomic E-state index is 0.614. The maximum Gasteiger partial charge on any atom is 0.134 e. The van der Waals surface area contributed by atoms with E-state index in [0.29, 0.717) is 6.61 Å². The first-order chi connectivity index (χ1) is 9.70. The summed E-state index contributed by atoms with van der Waals surface area (Å²) in [6.07, 6.45) is 0. The van der Waals surface area contributed by atoms with E-state index in [4.69, 9.17) is 9.47 Å². The third-order valence-corrected chi connectivity index (χ3v) is 4.74. The average Bonchev–Trinajstić information content (AvgIpc) is 2.95. The van der Waals surface area contributed by atoms with Gasteiger partial charge < -0.3 is 14.8 Å². The number of rotatable bonds is 7. The molecule has 0 saturated carbocycles.